The van der Waals surface area contributed by atoms with Gasteiger partial charge in [-0.15, -0.1) is 0 Å². The van der Waals surface area contributed by atoms with Crippen LogP contribution in [0, 0.1) is 13.8 Å². The first-order valence-corrected chi connectivity index (χ1v) is 11.4. The summed E-state index contributed by atoms with van der Waals surface area (Å²) in [5.41, 5.74) is 6.73. The molecule has 4 aromatic rings. The zero-order valence-corrected chi connectivity index (χ0v) is 19.0. The molecule has 7 nitrogen and oxygen atoms in total. The van der Waals surface area contributed by atoms with Gasteiger partial charge in [-0.1, -0.05) is 24.3 Å². The Bertz CT molecular complexity index is 1360. The van der Waals surface area contributed by atoms with Crippen LogP contribution in [0.25, 0.3) is 16.6 Å². The van der Waals surface area contributed by atoms with Crippen LogP contribution in [0.15, 0.2) is 48.5 Å². The third-order valence-electron chi connectivity index (χ3n) is 6.43. The molecule has 7 heteroatoms. The van der Waals surface area contributed by atoms with Crippen LogP contribution < -0.4 is 10.2 Å². The number of nitrogens with one attached hydrogen (secondary N) is 1. The van der Waals surface area contributed by atoms with Crippen LogP contribution in [0.2, 0.25) is 0 Å². The SMILES string of the molecule is Cc1nc2c3ccccc3nn2c(C)c1CCC(=O)NCc1ccc(N2CCCC2=O)cc1. The molecule has 1 saturated heterocycles. The minimum absolute atomic E-state index is 0.00156. The van der Waals surface area contributed by atoms with E-state index in [0.717, 1.165) is 57.7 Å². The zero-order chi connectivity index (χ0) is 22.9. The molecule has 0 aliphatic carbocycles. The largest absolute Gasteiger partial charge is 0.352 e. The minimum Gasteiger partial charge on any atom is -0.352 e. The van der Waals surface area contributed by atoms with Crippen molar-refractivity contribution in [2.45, 2.75) is 46.1 Å². The Balaban J connectivity index is 1.22. The van der Waals surface area contributed by atoms with Crippen LogP contribution in [0.5, 0.6) is 0 Å². The maximum Gasteiger partial charge on any atom is 0.227 e. The maximum atomic E-state index is 12.5. The van der Waals surface area contributed by atoms with E-state index < -0.39 is 0 Å². The van der Waals surface area contributed by atoms with Gasteiger partial charge in [0.05, 0.1) is 5.52 Å². The van der Waals surface area contributed by atoms with Gasteiger partial charge in [0.1, 0.15) is 0 Å². The van der Waals surface area contributed by atoms with Gasteiger partial charge < -0.3 is 10.2 Å². The number of hydrogen-bond acceptors (Lipinski definition) is 4. The molecular formula is C26H27N5O2. The fraction of sp³-hybridized carbons (Fsp3) is 0.308. The molecule has 0 bridgehead atoms. The second kappa shape index (κ2) is 8.65. The van der Waals surface area contributed by atoms with Crippen LogP contribution in [0.1, 0.15) is 41.8 Å². The highest BCUT2D eigenvalue weighted by Gasteiger charge is 2.21. The summed E-state index contributed by atoms with van der Waals surface area (Å²) < 4.78 is 1.89. The molecule has 0 saturated carbocycles. The molecule has 2 amide bonds. The summed E-state index contributed by atoms with van der Waals surface area (Å²) in [4.78, 5) is 31.0. The molecule has 2 aromatic carbocycles. The lowest BCUT2D eigenvalue weighted by atomic mass is 10.1. The van der Waals surface area contributed by atoms with E-state index >= 15 is 0 Å². The van der Waals surface area contributed by atoms with E-state index in [2.05, 4.69) is 10.4 Å². The second-order valence-corrected chi connectivity index (χ2v) is 8.61. The molecular weight excluding hydrogens is 414 g/mol. The molecule has 5 rings (SSSR count). The highest BCUT2D eigenvalue weighted by atomic mass is 16.2. The maximum absolute atomic E-state index is 12.5. The van der Waals surface area contributed by atoms with Gasteiger partial charge in [-0.05, 0) is 62.1 Å². The second-order valence-electron chi connectivity index (χ2n) is 8.61. The molecule has 0 radical (unpaired) electrons. The molecule has 0 unspecified atom stereocenters. The van der Waals surface area contributed by atoms with Gasteiger partial charge in [-0.3, -0.25) is 9.59 Å². The number of aryl methyl sites for hydroxylation is 2. The van der Waals surface area contributed by atoms with Gasteiger partial charge in [-0.2, -0.15) is 5.10 Å². The van der Waals surface area contributed by atoms with Crippen LogP contribution in [0.4, 0.5) is 5.69 Å². The quantitative estimate of drug-likeness (QED) is 0.493. The number of aromatic nitrogens is 3. The molecule has 0 spiro atoms. The zero-order valence-electron chi connectivity index (χ0n) is 19.0. The van der Waals surface area contributed by atoms with Gasteiger partial charge in [0, 0.05) is 48.4 Å². The van der Waals surface area contributed by atoms with E-state index in [1.54, 1.807) is 0 Å². The van der Waals surface area contributed by atoms with E-state index in [0.29, 0.717) is 25.8 Å². The monoisotopic (exact) mass is 441 g/mol. The van der Waals surface area contributed by atoms with Crippen LogP contribution in [0.3, 0.4) is 0 Å². The van der Waals surface area contributed by atoms with Gasteiger partial charge >= 0.3 is 0 Å². The lowest BCUT2D eigenvalue weighted by Crippen LogP contribution is -2.24. The first kappa shape index (κ1) is 21.1. The molecule has 1 fully saturated rings. The van der Waals surface area contributed by atoms with E-state index in [9.17, 15) is 9.59 Å². The molecule has 33 heavy (non-hydrogen) atoms. The first-order valence-electron chi connectivity index (χ1n) is 11.4. The summed E-state index contributed by atoms with van der Waals surface area (Å²) >= 11 is 0. The normalized spacial score (nSPS) is 13.9. The van der Waals surface area contributed by atoms with E-state index in [1.807, 2.05) is 71.8 Å². The topological polar surface area (TPSA) is 79.6 Å². The highest BCUT2D eigenvalue weighted by Crippen LogP contribution is 2.23. The summed E-state index contributed by atoms with van der Waals surface area (Å²) in [6, 6.07) is 15.8. The Morgan fingerprint density at radius 3 is 2.64 bits per heavy atom. The number of benzene rings is 2. The van der Waals surface area contributed by atoms with Crippen LogP contribution >= 0.6 is 0 Å². The van der Waals surface area contributed by atoms with Gasteiger partial charge in [0.25, 0.3) is 0 Å². The standard InChI is InChI=1S/C26H27N5O2/c1-17-21(18(2)31-26(28-17)22-6-3-4-7-23(22)29-31)13-14-24(32)27-16-19-9-11-20(12-10-19)30-15-5-8-25(30)33/h3-4,6-7,9-12H,5,8,13-16H2,1-2H3,(H,27,32). The van der Waals surface area contributed by atoms with E-state index in [1.165, 1.54) is 0 Å². The Morgan fingerprint density at radius 2 is 1.88 bits per heavy atom. The summed E-state index contributed by atoms with van der Waals surface area (Å²) in [6.07, 6.45) is 2.53. The highest BCUT2D eigenvalue weighted by molar-refractivity contribution is 5.95. The summed E-state index contributed by atoms with van der Waals surface area (Å²) in [5, 5.41) is 8.73. The molecule has 168 valence electrons. The van der Waals surface area contributed by atoms with Crippen molar-refractivity contribution in [3.63, 3.8) is 0 Å². The number of carbonyl (C=O) groups is 2. The van der Waals surface area contributed by atoms with Crippen molar-refractivity contribution in [2.75, 3.05) is 11.4 Å². The summed E-state index contributed by atoms with van der Waals surface area (Å²) in [5.74, 6) is 0.177. The Kier molecular flexibility index (Phi) is 5.54. The van der Waals surface area contributed by atoms with Crippen molar-refractivity contribution in [1.29, 1.82) is 0 Å². The third-order valence-corrected chi connectivity index (χ3v) is 6.43. The number of carbonyl (C=O) groups excluding carboxylic acids is 2. The Hall–Kier alpha value is -3.74. The minimum atomic E-state index is -0.00156. The number of hydrogen-bond donors (Lipinski definition) is 1. The van der Waals surface area contributed by atoms with Crippen molar-refractivity contribution in [3.05, 3.63) is 71.0 Å². The number of fused-ring (bicyclic) bond motifs is 3. The fourth-order valence-electron chi connectivity index (χ4n) is 4.58. The third kappa shape index (κ3) is 4.06. The van der Waals surface area contributed by atoms with E-state index in [4.69, 9.17) is 4.98 Å². The molecule has 2 aromatic heterocycles. The smallest absolute Gasteiger partial charge is 0.227 e. The van der Waals surface area contributed by atoms with E-state index in [-0.39, 0.29) is 11.8 Å². The van der Waals surface area contributed by atoms with Gasteiger partial charge in [-0.25, -0.2) is 9.50 Å². The van der Waals surface area contributed by atoms with Crippen LogP contribution in [-0.4, -0.2) is 33.0 Å². The summed E-state index contributed by atoms with van der Waals surface area (Å²) in [7, 11) is 0. The number of nitrogens with zero attached hydrogens (tertiary/aromatic N) is 4. The predicted octanol–water partition coefficient (Wildman–Crippen LogP) is 3.88. The molecule has 0 atom stereocenters. The molecule has 1 aliphatic heterocycles. The summed E-state index contributed by atoms with van der Waals surface area (Å²) in [6.45, 7) is 5.28. The van der Waals surface area contributed by atoms with Crippen LogP contribution in [-0.2, 0) is 22.6 Å². The first-order chi connectivity index (χ1) is 16.0. The molecule has 3 heterocycles. The lowest BCUT2D eigenvalue weighted by molar-refractivity contribution is -0.121. The van der Waals surface area contributed by atoms with Gasteiger partial charge in [0.15, 0.2) is 5.65 Å². The molecule has 1 aliphatic rings. The number of anilines is 1. The Morgan fingerprint density at radius 1 is 1.09 bits per heavy atom. The van der Waals surface area contributed by atoms with Gasteiger partial charge in [0.2, 0.25) is 11.8 Å². The number of amides is 2. The fourth-order valence-corrected chi connectivity index (χ4v) is 4.58. The lowest BCUT2D eigenvalue weighted by Gasteiger charge is -2.16. The predicted molar refractivity (Wildman–Crippen MR) is 128 cm³/mol. The average Bonchev–Trinajstić information content (AvgIpc) is 3.41. The van der Waals surface area contributed by atoms with Crippen molar-refractivity contribution in [2.24, 2.45) is 0 Å². The van der Waals surface area contributed by atoms with Crippen molar-refractivity contribution < 1.29 is 9.59 Å². The average molecular weight is 442 g/mol. The number of rotatable bonds is 6. The van der Waals surface area contributed by atoms with Crippen molar-refractivity contribution >= 4 is 34.1 Å². The Labute approximate surface area is 192 Å². The molecule has 1 N–H and O–H groups in total. The van der Waals surface area contributed by atoms with Crippen molar-refractivity contribution in [1.82, 2.24) is 19.9 Å². The van der Waals surface area contributed by atoms with Crippen molar-refractivity contribution in [3.8, 4) is 0 Å².